The van der Waals surface area contributed by atoms with E-state index in [1.165, 1.54) is 0 Å². The fourth-order valence-electron chi connectivity index (χ4n) is 2.01. The molecule has 8 heteroatoms. The summed E-state index contributed by atoms with van der Waals surface area (Å²) in [5.74, 6) is -1.41. The smallest absolute Gasteiger partial charge is 0.337 e. The number of anilines is 1. The monoisotopic (exact) mass is 566 g/mol. The summed E-state index contributed by atoms with van der Waals surface area (Å²) in [5.41, 5.74) is 1.79. The molecule has 0 bridgehead atoms. The third-order valence-corrected chi connectivity index (χ3v) is 4.82. The van der Waals surface area contributed by atoms with E-state index in [0.29, 0.717) is 14.8 Å². The van der Waals surface area contributed by atoms with Crippen LogP contribution in [0.25, 0.3) is 0 Å². The largest absolute Gasteiger partial charge is 0.478 e. The Morgan fingerprint density at radius 3 is 2.42 bits per heavy atom. The van der Waals surface area contributed by atoms with Crippen molar-refractivity contribution in [3.63, 3.8) is 0 Å². The molecule has 24 heavy (non-hydrogen) atoms. The van der Waals surface area contributed by atoms with Gasteiger partial charge in [0.05, 0.1) is 11.3 Å². The summed E-state index contributed by atoms with van der Waals surface area (Å²) >= 11 is 9.23. The lowest BCUT2D eigenvalue weighted by Gasteiger charge is -2.14. The molecule has 0 aliphatic carbocycles. The number of halogens is 2. The Morgan fingerprint density at radius 1 is 1.12 bits per heavy atom. The van der Waals surface area contributed by atoms with Crippen LogP contribution in [0.1, 0.15) is 26.3 Å². The second kappa shape index (κ2) is 8.21. The molecule has 0 aliphatic rings. The van der Waals surface area contributed by atoms with Crippen LogP contribution in [0, 0.1) is 14.1 Å². The highest BCUT2D eigenvalue weighted by molar-refractivity contribution is 14.1. The van der Waals surface area contributed by atoms with Gasteiger partial charge in [0.15, 0.2) is 5.11 Å². The van der Waals surface area contributed by atoms with Gasteiger partial charge in [0.1, 0.15) is 0 Å². The first-order valence-electron chi connectivity index (χ1n) is 6.70. The van der Waals surface area contributed by atoms with Crippen molar-refractivity contribution in [1.29, 1.82) is 0 Å². The van der Waals surface area contributed by atoms with Crippen LogP contribution in [0.3, 0.4) is 0 Å². The first-order valence-corrected chi connectivity index (χ1v) is 9.26. The van der Waals surface area contributed by atoms with Crippen LogP contribution in [0.2, 0.25) is 0 Å². The standard InChI is InChI=1S/C16H12I2N2O3S/c1-8-4-2-3-5-10(8)14(21)20-16(24)19-13-11(15(22)23)6-9(17)7-12(13)18/h2-7H,1H3,(H,22,23)(H2,19,20,21,24). The van der Waals surface area contributed by atoms with Gasteiger partial charge in [-0.15, -0.1) is 0 Å². The Balaban J connectivity index is 2.20. The number of rotatable bonds is 3. The average Bonchev–Trinajstić information content (AvgIpc) is 2.49. The molecule has 124 valence electrons. The van der Waals surface area contributed by atoms with E-state index in [0.717, 1.165) is 9.13 Å². The second-order valence-electron chi connectivity index (χ2n) is 4.84. The third-order valence-electron chi connectivity index (χ3n) is 3.14. The van der Waals surface area contributed by atoms with E-state index in [9.17, 15) is 14.7 Å². The molecule has 0 heterocycles. The van der Waals surface area contributed by atoms with Gasteiger partial charge in [-0.25, -0.2) is 4.79 Å². The molecule has 2 aromatic carbocycles. The van der Waals surface area contributed by atoms with Crippen LogP contribution in [0.15, 0.2) is 36.4 Å². The molecule has 0 fully saturated rings. The average molecular weight is 566 g/mol. The van der Waals surface area contributed by atoms with E-state index in [4.69, 9.17) is 12.2 Å². The van der Waals surface area contributed by atoms with Gasteiger partial charge in [-0.05, 0) is 88.1 Å². The van der Waals surface area contributed by atoms with Crippen LogP contribution >= 0.6 is 57.4 Å². The lowest BCUT2D eigenvalue weighted by atomic mass is 10.1. The van der Waals surface area contributed by atoms with Crippen molar-refractivity contribution in [2.45, 2.75) is 6.92 Å². The molecule has 0 aliphatic heterocycles. The van der Waals surface area contributed by atoms with Crippen molar-refractivity contribution in [3.8, 4) is 0 Å². The van der Waals surface area contributed by atoms with E-state index >= 15 is 0 Å². The maximum absolute atomic E-state index is 12.3. The highest BCUT2D eigenvalue weighted by Crippen LogP contribution is 2.26. The first kappa shape index (κ1) is 19.1. The summed E-state index contributed by atoms with van der Waals surface area (Å²) in [6, 6.07) is 10.5. The number of carboxylic acid groups (broad SMARTS) is 1. The molecule has 5 nitrogen and oxygen atoms in total. The van der Waals surface area contributed by atoms with Gasteiger partial charge in [0, 0.05) is 12.7 Å². The minimum Gasteiger partial charge on any atom is -0.478 e. The molecule has 0 saturated heterocycles. The van der Waals surface area contributed by atoms with Crippen LogP contribution in [-0.4, -0.2) is 22.1 Å². The molecule has 0 saturated carbocycles. The van der Waals surface area contributed by atoms with Crippen LogP contribution < -0.4 is 10.6 Å². The molecule has 0 radical (unpaired) electrons. The Kier molecular flexibility index (Phi) is 6.52. The number of carboxylic acids is 1. The van der Waals surface area contributed by atoms with E-state index in [2.05, 4.69) is 10.6 Å². The fourth-order valence-corrected chi connectivity index (χ4v) is 4.19. The molecule has 2 aromatic rings. The number of carbonyl (C=O) groups excluding carboxylic acids is 1. The predicted octanol–water partition coefficient (Wildman–Crippen LogP) is 4.03. The van der Waals surface area contributed by atoms with E-state index in [1.807, 2.05) is 70.3 Å². The summed E-state index contributed by atoms with van der Waals surface area (Å²) in [6.45, 7) is 1.83. The Bertz CT molecular complexity index is 840. The van der Waals surface area contributed by atoms with E-state index < -0.39 is 5.97 Å². The normalized spacial score (nSPS) is 10.1. The number of hydrogen-bond donors (Lipinski definition) is 3. The topological polar surface area (TPSA) is 78.4 Å². The van der Waals surface area contributed by atoms with Gasteiger partial charge in [-0.3, -0.25) is 10.1 Å². The first-order chi connectivity index (χ1) is 11.3. The van der Waals surface area contributed by atoms with Crippen LogP contribution in [0.4, 0.5) is 5.69 Å². The van der Waals surface area contributed by atoms with Crippen molar-refractivity contribution in [2.24, 2.45) is 0 Å². The second-order valence-corrected chi connectivity index (χ2v) is 7.65. The van der Waals surface area contributed by atoms with Crippen LogP contribution in [0.5, 0.6) is 0 Å². The van der Waals surface area contributed by atoms with Gasteiger partial charge in [0.25, 0.3) is 5.91 Å². The maximum Gasteiger partial charge on any atom is 0.337 e. The predicted molar refractivity (Wildman–Crippen MR) is 114 cm³/mol. The third kappa shape index (κ3) is 4.63. The summed E-state index contributed by atoms with van der Waals surface area (Å²) in [7, 11) is 0. The number of aromatic carboxylic acids is 1. The van der Waals surface area contributed by atoms with E-state index in [1.54, 1.807) is 18.2 Å². The minimum atomic E-state index is -1.07. The summed E-state index contributed by atoms with van der Waals surface area (Å²) in [5, 5.41) is 14.8. The number of carbonyl (C=O) groups is 2. The Hall–Kier alpha value is -1.27. The molecule has 0 atom stereocenters. The van der Waals surface area contributed by atoms with E-state index in [-0.39, 0.29) is 16.6 Å². The zero-order valence-corrected chi connectivity index (χ0v) is 17.5. The number of benzene rings is 2. The minimum absolute atomic E-state index is 0.0462. The lowest BCUT2D eigenvalue weighted by molar-refractivity contribution is 0.0697. The number of aryl methyl sites for hydroxylation is 1. The van der Waals surface area contributed by atoms with Gasteiger partial charge >= 0.3 is 5.97 Å². The summed E-state index contributed by atoms with van der Waals surface area (Å²) in [6.07, 6.45) is 0. The van der Waals surface area contributed by atoms with Gasteiger partial charge in [0.2, 0.25) is 0 Å². The molecule has 0 spiro atoms. The SMILES string of the molecule is Cc1ccccc1C(=O)NC(=S)Nc1c(I)cc(I)cc1C(=O)O. The van der Waals surface area contributed by atoms with Crippen molar-refractivity contribution in [1.82, 2.24) is 5.32 Å². The Morgan fingerprint density at radius 2 is 1.79 bits per heavy atom. The molecule has 0 aromatic heterocycles. The molecular formula is C16H12I2N2O3S. The van der Waals surface area contributed by atoms with Crippen molar-refractivity contribution < 1.29 is 14.7 Å². The molecule has 3 N–H and O–H groups in total. The Labute approximate surface area is 171 Å². The van der Waals surface area contributed by atoms with Crippen molar-refractivity contribution in [2.75, 3.05) is 5.32 Å². The number of thiocarbonyl (C=S) groups is 1. The quantitative estimate of drug-likeness (QED) is 0.387. The summed E-state index contributed by atoms with van der Waals surface area (Å²) < 4.78 is 1.50. The number of nitrogens with one attached hydrogen (secondary N) is 2. The number of hydrogen-bond acceptors (Lipinski definition) is 3. The molecule has 2 rings (SSSR count). The lowest BCUT2D eigenvalue weighted by Crippen LogP contribution is -2.35. The van der Waals surface area contributed by atoms with Crippen LogP contribution in [-0.2, 0) is 0 Å². The van der Waals surface area contributed by atoms with Crippen molar-refractivity contribution in [3.05, 3.63) is 60.2 Å². The summed E-state index contributed by atoms with van der Waals surface area (Å²) in [4.78, 5) is 23.7. The highest BCUT2D eigenvalue weighted by atomic mass is 127. The zero-order chi connectivity index (χ0) is 17.9. The molecule has 0 unspecified atom stereocenters. The van der Waals surface area contributed by atoms with Crippen molar-refractivity contribution >= 4 is 80.1 Å². The van der Waals surface area contributed by atoms with Gasteiger partial charge < -0.3 is 10.4 Å². The maximum atomic E-state index is 12.3. The zero-order valence-electron chi connectivity index (χ0n) is 12.4. The molecular weight excluding hydrogens is 554 g/mol. The molecule has 1 amide bonds. The number of amides is 1. The van der Waals surface area contributed by atoms with Gasteiger partial charge in [-0.1, -0.05) is 18.2 Å². The highest BCUT2D eigenvalue weighted by Gasteiger charge is 2.17. The van der Waals surface area contributed by atoms with Gasteiger partial charge in [-0.2, -0.15) is 0 Å². The fraction of sp³-hybridized carbons (Fsp3) is 0.0625.